The molecule has 0 aliphatic heterocycles. The summed E-state index contributed by atoms with van der Waals surface area (Å²) < 4.78 is 9.13. The number of benzene rings is 7. The monoisotopic (exact) mass is 827 g/mol. The topological polar surface area (TPSA) is 117 Å². The average Bonchev–Trinajstić information content (AvgIpc) is 3.83. The van der Waals surface area contributed by atoms with E-state index in [-0.39, 0.29) is 12.2 Å². The fourth-order valence-corrected chi connectivity index (χ4v) is 8.30. The lowest BCUT2D eigenvalue weighted by Gasteiger charge is -2.36. The summed E-state index contributed by atoms with van der Waals surface area (Å²) in [5, 5.41) is 17.0. The first-order valence-electron chi connectivity index (χ1n) is 21.2. The van der Waals surface area contributed by atoms with Crippen LogP contribution in [-0.2, 0) is 29.8 Å². The maximum atomic E-state index is 14.3. The molecule has 0 aliphatic carbocycles. The van der Waals surface area contributed by atoms with Gasteiger partial charge in [-0.3, -0.25) is 14.7 Å². The van der Waals surface area contributed by atoms with Crippen LogP contribution in [0.3, 0.4) is 0 Å². The average molecular weight is 828 g/mol. The molecule has 0 radical (unpaired) electrons. The van der Waals surface area contributed by atoms with Gasteiger partial charge in [0.1, 0.15) is 18.0 Å². The van der Waals surface area contributed by atoms with E-state index < -0.39 is 11.6 Å². The normalized spacial score (nSPS) is 11.4. The van der Waals surface area contributed by atoms with Crippen molar-refractivity contribution in [1.29, 1.82) is 0 Å². The largest absolute Gasteiger partial charge is 0.444 e. The van der Waals surface area contributed by atoms with Gasteiger partial charge in [0.05, 0.1) is 17.4 Å². The van der Waals surface area contributed by atoms with Crippen LogP contribution in [0.15, 0.2) is 193 Å². The number of unbranched alkanes of at least 4 members (excludes halogenated alkanes) is 1. The Balaban J connectivity index is 1.05. The van der Waals surface area contributed by atoms with Gasteiger partial charge in [0.15, 0.2) is 5.82 Å². The number of nitrogens with zero attached hydrogens (tertiary/aromatic N) is 6. The molecule has 10 nitrogen and oxygen atoms in total. The number of tetrazole rings is 1. The highest BCUT2D eigenvalue weighted by atomic mass is 16.5. The van der Waals surface area contributed by atoms with Gasteiger partial charge in [-0.1, -0.05) is 183 Å². The second-order valence-electron chi connectivity index (χ2n) is 15.4. The number of nitrogens with one attached hydrogen (secondary N) is 1. The Morgan fingerprint density at radius 1 is 0.667 bits per heavy atom. The summed E-state index contributed by atoms with van der Waals surface area (Å²) in [6, 6.07) is 62.2. The van der Waals surface area contributed by atoms with Crippen molar-refractivity contribution in [3.8, 4) is 22.5 Å². The molecule has 7 aromatic carbocycles. The summed E-state index contributed by atoms with van der Waals surface area (Å²) in [6.07, 6.45) is 1.90. The zero-order chi connectivity index (χ0) is 43.0. The van der Waals surface area contributed by atoms with Crippen LogP contribution in [0, 0.1) is 0 Å². The van der Waals surface area contributed by atoms with Gasteiger partial charge in [0.25, 0.3) is 5.56 Å². The summed E-state index contributed by atoms with van der Waals surface area (Å²) >= 11 is 0. The molecule has 10 heteroatoms. The molecule has 2 aromatic heterocycles. The van der Waals surface area contributed by atoms with Gasteiger partial charge in [-0.15, -0.1) is 5.10 Å². The fraction of sp³-hybridized carbons (Fsp3) is 0.132. The number of carbonyl (C=O) groups is 1. The van der Waals surface area contributed by atoms with Gasteiger partial charge in [-0.2, -0.15) is 0 Å². The second-order valence-corrected chi connectivity index (χ2v) is 15.4. The minimum Gasteiger partial charge on any atom is -0.444 e. The van der Waals surface area contributed by atoms with Gasteiger partial charge in [0, 0.05) is 17.7 Å². The minimum absolute atomic E-state index is 0.135. The van der Waals surface area contributed by atoms with E-state index in [2.05, 4.69) is 90.3 Å². The molecule has 9 rings (SSSR count). The third-order valence-electron chi connectivity index (χ3n) is 11.4. The summed E-state index contributed by atoms with van der Waals surface area (Å²) in [6.45, 7) is 2.58. The molecule has 1 N–H and O–H groups in total. The van der Waals surface area contributed by atoms with Crippen LogP contribution < -0.4 is 10.9 Å². The van der Waals surface area contributed by atoms with Crippen molar-refractivity contribution >= 4 is 22.7 Å². The van der Waals surface area contributed by atoms with Gasteiger partial charge in [-0.05, 0) is 74.0 Å². The van der Waals surface area contributed by atoms with Gasteiger partial charge >= 0.3 is 6.09 Å². The van der Waals surface area contributed by atoms with Gasteiger partial charge in [-0.25, -0.2) is 14.5 Å². The van der Waals surface area contributed by atoms with Crippen molar-refractivity contribution in [3.05, 3.63) is 232 Å². The zero-order valence-electron chi connectivity index (χ0n) is 34.8. The molecule has 9 aromatic rings. The number of aromatic nitrogens is 6. The van der Waals surface area contributed by atoms with E-state index in [0.717, 1.165) is 63.2 Å². The van der Waals surface area contributed by atoms with Crippen molar-refractivity contribution in [1.82, 2.24) is 29.8 Å². The molecule has 310 valence electrons. The molecule has 0 spiro atoms. The number of rotatable bonds is 14. The van der Waals surface area contributed by atoms with Crippen LogP contribution in [0.4, 0.5) is 10.5 Å². The minimum atomic E-state index is -0.904. The molecule has 0 atom stereocenters. The first-order valence-corrected chi connectivity index (χ1v) is 21.2. The Labute approximate surface area is 365 Å². The SMILES string of the molecule is CCCCc1nc2ccc(NC(=O)OCc3ccccc3)cc2c(=O)n1Cc1ccc(-c2ccccc2-c2nnnn2C(c2ccccc2)(c2ccccc2)c2ccccc2)cc1. The van der Waals surface area contributed by atoms with Crippen molar-refractivity contribution in [2.45, 2.75) is 44.9 Å². The van der Waals surface area contributed by atoms with Crippen molar-refractivity contribution < 1.29 is 9.53 Å². The molecular formula is C53H45N7O3. The number of amides is 1. The van der Waals surface area contributed by atoms with Crippen LogP contribution in [-0.4, -0.2) is 35.9 Å². The highest BCUT2D eigenvalue weighted by molar-refractivity contribution is 5.89. The maximum Gasteiger partial charge on any atom is 0.411 e. The first-order chi connectivity index (χ1) is 31.0. The fourth-order valence-electron chi connectivity index (χ4n) is 8.30. The summed E-state index contributed by atoms with van der Waals surface area (Å²) in [5.41, 5.74) is 7.62. The van der Waals surface area contributed by atoms with E-state index in [1.165, 1.54) is 0 Å². The Bertz CT molecular complexity index is 2930. The van der Waals surface area contributed by atoms with Crippen LogP contribution in [0.1, 0.15) is 53.4 Å². The molecule has 0 bridgehead atoms. The predicted molar refractivity (Wildman–Crippen MR) is 247 cm³/mol. The van der Waals surface area contributed by atoms with Crippen LogP contribution in [0.2, 0.25) is 0 Å². The number of hydrogen-bond acceptors (Lipinski definition) is 7. The number of ether oxygens (including phenoxy) is 1. The molecule has 0 aliphatic rings. The highest BCUT2D eigenvalue weighted by Crippen LogP contribution is 2.43. The zero-order valence-corrected chi connectivity index (χ0v) is 34.8. The van der Waals surface area contributed by atoms with Gasteiger partial charge in [0.2, 0.25) is 0 Å². The van der Waals surface area contributed by atoms with E-state index in [1.807, 2.05) is 102 Å². The molecule has 1 amide bonds. The lowest BCUT2D eigenvalue weighted by molar-refractivity contribution is 0.155. The van der Waals surface area contributed by atoms with E-state index in [1.54, 1.807) is 22.8 Å². The Hall–Kier alpha value is -7.98. The molecule has 0 unspecified atom stereocenters. The smallest absolute Gasteiger partial charge is 0.411 e. The molecular weight excluding hydrogens is 783 g/mol. The van der Waals surface area contributed by atoms with Crippen molar-refractivity contribution in [2.24, 2.45) is 0 Å². The van der Waals surface area contributed by atoms with Crippen LogP contribution >= 0.6 is 0 Å². The Morgan fingerprint density at radius 2 is 1.25 bits per heavy atom. The van der Waals surface area contributed by atoms with Crippen molar-refractivity contribution in [3.63, 3.8) is 0 Å². The third-order valence-corrected chi connectivity index (χ3v) is 11.4. The first kappa shape index (κ1) is 40.4. The molecule has 0 fully saturated rings. The number of hydrogen-bond donors (Lipinski definition) is 1. The number of anilines is 1. The van der Waals surface area contributed by atoms with Crippen LogP contribution in [0.25, 0.3) is 33.4 Å². The molecule has 0 saturated heterocycles. The molecule has 0 saturated carbocycles. The number of carbonyl (C=O) groups excluding carboxylic acids is 1. The van der Waals surface area contributed by atoms with Crippen molar-refractivity contribution in [2.75, 3.05) is 5.32 Å². The summed E-state index contributed by atoms with van der Waals surface area (Å²) in [4.78, 5) is 32.0. The Kier molecular flexibility index (Phi) is 11.8. The molecule has 63 heavy (non-hydrogen) atoms. The maximum absolute atomic E-state index is 14.3. The van der Waals surface area contributed by atoms with Gasteiger partial charge < -0.3 is 4.74 Å². The van der Waals surface area contributed by atoms with E-state index >= 15 is 0 Å². The number of fused-ring (bicyclic) bond motifs is 1. The Morgan fingerprint density at radius 3 is 1.87 bits per heavy atom. The quantitative estimate of drug-likeness (QED) is 0.108. The van der Waals surface area contributed by atoms with E-state index in [9.17, 15) is 9.59 Å². The lowest BCUT2D eigenvalue weighted by Crippen LogP contribution is -2.39. The van der Waals surface area contributed by atoms with E-state index in [0.29, 0.717) is 35.4 Å². The predicted octanol–water partition coefficient (Wildman–Crippen LogP) is 10.7. The lowest BCUT2D eigenvalue weighted by atomic mass is 9.77. The molecule has 2 heterocycles. The van der Waals surface area contributed by atoms with E-state index in [4.69, 9.17) is 20.0 Å². The van der Waals surface area contributed by atoms with Crippen LogP contribution in [0.5, 0.6) is 0 Å². The second kappa shape index (κ2) is 18.3. The number of aryl methyl sites for hydroxylation is 1. The third kappa shape index (κ3) is 8.26. The highest BCUT2D eigenvalue weighted by Gasteiger charge is 2.42. The summed E-state index contributed by atoms with van der Waals surface area (Å²) in [7, 11) is 0. The standard InChI is InChI=1S/C53H45N7O3/c1-2-3-28-49-55-48-34-33-44(54-52(62)63-37-39-18-8-4-9-19-39)35-47(48)51(61)59(49)36-38-29-31-40(32-30-38)45-26-16-17-27-46(45)50-56-57-58-60(50)53(41-20-10-5-11-21-41,42-22-12-6-13-23-42)43-24-14-7-15-25-43/h4-27,29-35H,2-3,28,36-37H2,1H3,(H,54,62). The summed E-state index contributed by atoms with van der Waals surface area (Å²) in [5.74, 6) is 1.33.